The smallest absolute Gasteiger partial charge is 0.128 e. The molecule has 1 aliphatic heterocycles. The third kappa shape index (κ3) is 4.68. The van der Waals surface area contributed by atoms with Gasteiger partial charge in [0.25, 0.3) is 0 Å². The van der Waals surface area contributed by atoms with Gasteiger partial charge in [-0.1, -0.05) is 13.0 Å². The van der Waals surface area contributed by atoms with Crippen LogP contribution >= 0.6 is 0 Å². The maximum Gasteiger partial charge on any atom is 0.128 e. The van der Waals surface area contributed by atoms with E-state index in [0.29, 0.717) is 0 Å². The molecule has 1 aromatic heterocycles. The lowest BCUT2D eigenvalue weighted by atomic mass is 9.99. The standard InChI is InChI=1S/C17H29N3O/c1-6-9-18-10-14-7-8-15(19-11-14)20-12-16(2,3)21-17(4,5)13-20/h7-8,11,18H,6,9-10,12-13H2,1-5H3. The lowest BCUT2D eigenvalue weighted by Gasteiger charge is -2.47. The second kappa shape index (κ2) is 6.32. The number of aromatic nitrogens is 1. The Labute approximate surface area is 128 Å². The summed E-state index contributed by atoms with van der Waals surface area (Å²) in [6.45, 7) is 14.4. The summed E-state index contributed by atoms with van der Waals surface area (Å²) >= 11 is 0. The number of ether oxygens (including phenoxy) is 1. The van der Waals surface area contributed by atoms with Crippen molar-refractivity contribution in [2.75, 3.05) is 24.5 Å². The van der Waals surface area contributed by atoms with E-state index in [4.69, 9.17) is 4.74 Å². The van der Waals surface area contributed by atoms with Crippen LogP contribution in [-0.4, -0.2) is 35.8 Å². The van der Waals surface area contributed by atoms with E-state index in [-0.39, 0.29) is 11.2 Å². The van der Waals surface area contributed by atoms with Gasteiger partial charge in [0.2, 0.25) is 0 Å². The molecule has 0 amide bonds. The highest BCUT2D eigenvalue weighted by Crippen LogP contribution is 2.30. The number of hydrogen-bond donors (Lipinski definition) is 1. The van der Waals surface area contributed by atoms with Gasteiger partial charge in [-0.15, -0.1) is 0 Å². The second-order valence-corrected chi connectivity index (χ2v) is 7.18. The average Bonchev–Trinajstić information content (AvgIpc) is 2.36. The van der Waals surface area contributed by atoms with Crippen LogP contribution in [0.25, 0.3) is 0 Å². The van der Waals surface area contributed by atoms with Crippen LogP contribution in [0.2, 0.25) is 0 Å². The third-order valence-electron chi connectivity index (χ3n) is 3.58. The molecule has 1 N–H and O–H groups in total. The summed E-state index contributed by atoms with van der Waals surface area (Å²) in [4.78, 5) is 6.97. The van der Waals surface area contributed by atoms with Crippen molar-refractivity contribution in [2.45, 2.75) is 58.8 Å². The summed E-state index contributed by atoms with van der Waals surface area (Å²) < 4.78 is 6.12. The lowest BCUT2D eigenvalue weighted by molar-refractivity contribution is -0.133. The maximum atomic E-state index is 6.12. The minimum atomic E-state index is -0.148. The number of rotatable bonds is 5. The zero-order valence-corrected chi connectivity index (χ0v) is 14.1. The number of pyridine rings is 1. The first kappa shape index (κ1) is 16.2. The number of hydrogen-bond acceptors (Lipinski definition) is 4. The fourth-order valence-corrected chi connectivity index (χ4v) is 3.07. The summed E-state index contributed by atoms with van der Waals surface area (Å²) in [7, 11) is 0. The molecule has 0 spiro atoms. The van der Waals surface area contributed by atoms with Gasteiger partial charge in [-0.25, -0.2) is 4.98 Å². The van der Waals surface area contributed by atoms with Crippen LogP contribution < -0.4 is 10.2 Å². The van der Waals surface area contributed by atoms with E-state index in [0.717, 1.165) is 38.4 Å². The molecular formula is C17H29N3O. The van der Waals surface area contributed by atoms with Crippen molar-refractivity contribution in [3.8, 4) is 0 Å². The quantitative estimate of drug-likeness (QED) is 0.846. The molecule has 0 unspecified atom stereocenters. The Hall–Kier alpha value is -1.13. The van der Waals surface area contributed by atoms with Crippen LogP contribution in [0.15, 0.2) is 18.3 Å². The predicted octanol–water partition coefficient (Wildman–Crippen LogP) is 2.98. The molecule has 21 heavy (non-hydrogen) atoms. The van der Waals surface area contributed by atoms with Crippen LogP contribution in [0, 0.1) is 0 Å². The van der Waals surface area contributed by atoms with E-state index >= 15 is 0 Å². The van der Waals surface area contributed by atoms with Gasteiger partial charge in [-0.3, -0.25) is 0 Å². The summed E-state index contributed by atoms with van der Waals surface area (Å²) in [6.07, 6.45) is 3.14. The van der Waals surface area contributed by atoms with Gasteiger partial charge < -0.3 is 15.0 Å². The first-order valence-corrected chi connectivity index (χ1v) is 7.92. The highest BCUT2D eigenvalue weighted by Gasteiger charge is 2.38. The average molecular weight is 291 g/mol. The first-order valence-electron chi connectivity index (χ1n) is 7.92. The van der Waals surface area contributed by atoms with Crippen molar-refractivity contribution >= 4 is 5.82 Å². The van der Waals surface area contributed by atoms with E-state index in [1.54, 1.807) is 0 Å². The molecule has 1 fully saturated rings. The number of morpholine rings is 1. The molecule has 118 valence electrons. The van der Waals surface area contributed by atoms with Gasteiger partial charge in [-0.2, -0.15) is 0 Å². The lowest BCUT2D eigenvalue weighted by Crippen LogP contribution is -2.57. The largest absolute Gasteiger partial charge is 0.366 e. The van der Waals surface area contributed by atoms with Crippen molar-refractivity contribution in [1.82, 2.24) is 10.3 Å². The minimum absolute atomic E-state index is 0.148. The van der Waals surface area contributed by atoms with Gasteiger partial charge in [0.05, 0.1) is 11.2 Å². The van der Waals surface area contributed by atoms with Crippen LogP contribution in [0.1, 0.15) is 46.6 Å². The fourth-order valence-electron chi connectivity index (χ4n) is 3.07. The van der Waals surface area contributed by atoms with Gasteiger partial charge in [0, 0.05) is 25.8 Å². The highest BCUT2D eigenvalue weighted by atomic mass is 16.5. The Kier molecular flexibility index (Phi) is 4.89. The third-order valence-corrected chi connectivity index (χ3v) is 3.58. The Bertz CT molecular complexity index is 438. The molecule has 1 aromatic rings. The number of nitrogens with zero attached hydrogens (tertiary/aromatic N) is 2. The monoisotopic (exact) mass is 291 g/mol. The zero-order valence-electron chi connectivity index (χ0n) is 14.1. The Morgan fingerprint density at radius 3 is 2.38 bits per heavy atom. The summed E-state index contributed by atoms with van der Waals surface area (Å²) in [5.74, 6) is 1.04. The van der Waals surface area contributed by atoms with E-state index in [2.05, 4.69) is 62.0 Å². The Morgan fingerprint density at radius 1 is 1.19 bits per heavy atom. The molecule has 2 rings (SSSR count). The Morgan fingerprint density at radius 2 is 1.86 bits per heavy atom. The maximum absolute atomic E-state index is 6.12. The summed E-state index contributed by atoms with van der Waals surface area (Å²) in [5, 5.41) is 3.40. The van der Waals surface area contributed by atoms with Crippen LogP contribution in [0.3, 0.4) is 0 Å². The van der Waals surface area contributed by atoms with Crippen molar-refractivity contribution in [2.24, 2.45) is 0 Å². The topological polar surface area (TPSA) is 37.4 Å². The molecule has 1 aliphatic rings. The van der Waals surface area contributed by atoms with Crippen molar-refractivity contribution in [3.63, 3.8) is 0 Å². The molecule has 0 bridgehead atoms. The second-order valence-electron chi connectivity index (χ2n) is 7.18. The minimum Gasteiger partial charge on any atom is -0.366 e. The molecular weight excluding hydrogens is 262 g/mol. The van der Waals surface area contributed by atoms with E-state index < -0.39 is 0 Å². The van der Waals surface area contributed by atoms with E-state index in [1.807, 2.05) is 6.20 Å². The van der Waals surface area contributed by atoms with Crippen molar-refractivity contribution in [1.29, 1.82) is 0 Å². The molecule has 4 heteroatoms. The molecule has 0 aromatic carbocycles. The summed E-state index contributed by atoms with van der Waals surface area (Å²) in [5.41, 5.74) is 0.939. The van der Waals surface area contributed by atoms with Gasteiger partial charge in [-0.05, 0) is 52.3 Å². The van der Waals surface area contributed by atoms with Gasteiger partial charge >= 0.3 is 0 Å². The van der Waals surface area contributed by atoms with E-state index in [1.165, 1.54) is 5.56 Å². The number of nitrogens with one attached hydrogen (secondary N) is 1. The molecule has 0 aliphatic carbocycles. The fraction of sp³-hybridized carbons (Fsp3) is 0.706. The molecule has 0 saturated carbocycles. The molecule has 0 atom stereocenters. The van der Waals surface area contributed by atoms with E-state index in [9.17, 15) is 0 Å². The molecule has 0 radical (unpaired) electrons. The van der Waals surface area contributed by atoms with Crippen LogP contribution in [-0.2, 0) is 11.3 Å². The zero-order chi connectivity index (χ0) is 15.5. The number of anilines is 1. The van der Waals surface area contributed by atoms with Crippen molar-refractivity contribution in [3.05, 3.63) is 23.9 Å². The van der Waals surface area contributed by atoms with Crippen LogP contribution in [0.5, 0.6) is 0 Å². The van der Waals surface area contributed by atoms with Crippen molar-refractivity contribution < 1.29 is 4.74 Å². The normalized spacial score (nSPS) is 20.5. The summed E-state index contributed by atoms with van der Waals surface area (Å²) in [6, 6.07) is 4.29. The molecule has 2 heterocycles. The molecule has 4 nitrogen and oxygen atoms in total. The molecule has 1 saturated heterocycles. The first-order chi connectivity index (χ1) is 9.81. The van der Waals surface area contributed by atoms with Crippen LogP contribution in [0.4, 0.5) is 5.82 Å². The van der Waals surface area contributed by atoms with Gasteiger partial charge in [0.1, 0.15) is 5.82 Å². The predicted molar refractivity (Wildman–Crippen MR) is 87.7 cm³/mol. The van der Waals surface area contributed by atoms with Gasteiger partial charge in [0.15, 0.2) is 0 Å². The SMILES string of the molecule is CCCNCc1ccc(N2CC(C)(C)OC(C)(C)C2)nc1. The highest BCUT2D eigenvalue weighted by molar-refractivity contribution is 5.41. The Balaban J connectivity index is 2.04.